The number of aliphatic hydroxyl groups is 4. The molecule has 0 radical (unpaired) electrons. The molecule has 0 amide bonds. The van der Waals surface area contributed by atoms with Crippen LogP contribution in [0.25, 0.3) is 0 Å². The van der Waals surface area contributed by atoms with Gasteiger partial charge < -0.3 is 25.2 Å². The van der Waals surface area contributed by atoms with Crippen molar-refractivity contribution >= 4 is 22.8 Å². The van der Waals surface area contributed by atoms with Crippen LogP contribution in [0.5, 0.6) is 0 Å². The number of piperazine rings is 1. The highest BCUT2D eigenvalue weighted by Crippen LogP contribution is 2.17. The standard InChI is InChI=1S/C56H112N4O7S/c1-5-9-13-17-21-25-31-51(61)47-59(48-52(62)32-26-22-18-14-10-6-2)37-29-35-55(65)67-45-43-57-39-41-58(42-40-57)44-46-68-56(66)36-30-38-60(49-53(63)33-27-23-19-15-11-7-3)50-54(64)34-28-24-20-16-12-8-4/h51-54,61-64H,5-50H2,1-4H3. The summed E-state index contributed by atoms with van der Waals surface area (Å²) in [7, 11) is 0. The third-order valence-electron chi connectivity index (χ3n) is 14.0. The van der Waals surface area contributed by atoms with Gasteiger partial charge in [-0.3, -0.25) is 29.2 Å². The Morgan fingerprint density at radius 1 is 0.456 bits per heavy atom. The second-order valence-corrected chi connectivity index (χ2v) is 21.8. The Labute approximate surface area is 424 Å². The molecule has 1 fully saturated rings. The monoisotopic (exact) mass is 985 g/mol. The molecule has 0 aromatic rings. The first-order valence-corrected chi connectivity index (χ1v) is 30.0. The van der Waals surface area contributed by atoms with Crippen LogP contribution < -0.4 is 0 Å². The van der Waals surface area contributed by atoms with Crippen LogP contribution >= 0.6 is 11.8 Å². The zero-order chi connectivity index (χ0) is 49.7. The van der Waals surface area contributed by atoms with E-state index in [2.05, 4.69) is 47.3 Å². The van der Waals surface area contributed by atoms with Gasteiger partial charge in [-0.15, -0.1) is 0 Å². The Hall–Kier alpha value is -0.830. The molecule has 1 aliphatic rings. The van der Waals surface area contributed by atoms with Gasteiger partial charge in [-0.25, -0.2) is 0 Å². The van der Waals surface area contributed by atoms with Gasteiger partial charge in [0.1, 0.15) is 6.61 Å². The van der Waals surface area contributed by atoms with Gasteiger partial charge in [-0.1, -0.05) is 194 Å². The van der Waals surface area contributed by atoms with Gasteiger partial charge in [0.05, 0.1) is 24.4 Å². The Balaban J connectivity index is 2.37. The average molecular weight is 986 g/mol. The molecule has 0 aliphatic carbocycles. The average Bonchev–Trinajstić information content (AvgIpc) is 3.31. The van der Waals surface area contributed by atoms with Gasteiger partial charge in [0, 0.05) is 84.0 Å². The number of rotatable bonds is 50. The second-order valence-electron chi connectivity index (χ2n) is 20.7. The molecule has 68 heavy (non-hydrogen) atoms. The van der Waals surface area contributed by atoms with E-state index in [4.69, 9.17) is 4.74 Å². The van der Waals surface area contributed by atoms with Crippen LogP contribution in [0.2, 0.25) is 0 Å². The third kappa shape index (κ3) is 40.7. The molecular weight excluding hydrogens is 873 g/mol. The number of carbonyl (C=O) groups excluding carboxylic acids is 2. The first kappa shape index (κ1) is 65.2. The van der Waals surface area contributed by atoms with E-state index in [0.717, 1.165) is 135 Å². The first-order valence-electron chi connectivity index (χ1n) is 29.0. The Morgan fingerprint density at radius 2 is 0.779 bits per heavy atom. The number of thioether (sulfide) groups is 1. The Morgan fingerprint density at radius 3 is 1.15 bits per heavy atom. The van der Waals surface area contributed by atoms with E-state index < -0.39 is 24.4 Å². The smallest absolute Gasteiger partial charge is 0.305 e. The van der Waals surface area contributed by atoms with Gasteiger partial charge in [0.25, 0.3) is 0 Å². The minimum absolute atomic E-state index is 0.180. The number of unbranched alkanes of at least 4 members (excludes halogenated alkanes) is 20. The molecule has 0 aromatic heterocycles. The fourth-order valence-corrected chi connectivity index (χ4v) is 10.4. The van der Waals surface area contributed by atoms with Crippen LogP contribution in [0.1, 0.15) is 233 Å². The molecule has 11 nitrogen and oxygen atoms in total. The lowest BCUT2D eigenvalue weighted by Crippen LogP contribution is -2.47. The maximum atomic E-state index is 12.9. The Bertz CT molecular complexity index is 987. The summed E-state index contributed by atoms with van der Waals surface area (Å²) >= 11 is 1.43. The summed E-state index contributed by atoms with van der Waals surface area (Å²) in [5, 5.41) is 43.7. The van der Waals surface area contributed by atoms with E-state index in [9.17, 15) is 30.0 Å². The van der Waals surface area contributed by atoms with E-state index >= 15 is 0 Å². The highest BCUT2D eigenvalue weighted by molar-refractivity contribution is 8.13. The highest BCUT2D eigenvalue weighted by Gasteiger charge is 2.20. The van der Waals surface area contributed by atoms with Crippen molar-refractivity contribution in [1.29, 1.82) is 0 Å². The summed E-state index contributed by atoms with van der Waals surface area (Å²) in [6, 6.07) is 0. The number of hydrogen-bond donors (Lipinski definition) is 4. The molecule has 4 unspecified atom stereocenters. The van der Waals surface area contributed by atoms with Crippen LogP contribution in [0, 0.1) is 0 Å². The molecule has 4 atom stereocenters. The van der Waals surface area contributed by atoms with Gasteiger partial charge in [-0.05, 0) is 51.6 Å². The van der Waals surface area contributed by atoms with E-state index in [1.807, 2.05) is 0 Å². The summed E-state index contributed by atoms with van der Waals surface area (Å²) in [5.41, 5.74) is 0. The van der Waals surface area contributed by atoms with E-state index in [-0.39, 0.29) is 11.1 Å². The maximum Gasteiger partial charge on any atom is 0.305 e. The van der Waals surface area contributed by atoms with E-state index in [0.29, 0.717) is 58.6 Å². The molecule has 0 bridgehead atoms. The van der Waals surface area contributed by atoms with E-state index in [1.54, 1.807) is 0 Å². The lowest BCUT2D eigenvalue weighted by Gasteiger charge is -2.34. The molecule has 12 heteroatoms. The second kappa shape index (κ2) is 47.2. The largest absolute Gasteiger partial charge is 0.464 e. The zero-order valence-corrected chi connectivity index (χ0v) is 45.9. The first-order chi connectivity index (χ1) is 33.1. The quantitative estimate of drug-likeness (QED) is 0.0341. The van der Waals surface area contributed by atoms with Crippen LogP contribution in [0.4, 0.5) is 0 Å². The number of aliphatic hydroxyl groups excluding tert-OH is 4. The van der Waals surface area contributed by atoms with Crippen LogP contribution in [-0.2, 0) is 14.3 Å². The molecule has 4 N–H and O–H groups in total. The molecule has 0 aromatic carbocycles. The van der Waals surface area contributed by atoms with Crippen molar-refractivity contribution in [3.63, 3.8) is 0 Å². The number of esters is 1. The third-order valence-corrected chi connectivity index (χ3v) is 14.9. The Kier molecular flexibility index (Phi) is 45.2. The summed E-state index contributed by atoms with van der Waals surface area (Å²) in [5.74, 6) is 0.599. The van der Waals surface area contributed by atoms with Crippen LogP contribution in [-0.4, -0.2) is 166 Å². The number of hydrogen-bond acceptors (Lipinski definition) is 12. The molecule has 0 saturated carbocycles. The van der Waals surface area contributed by atoms with Crippen molar-refractivity contribution < 1.29 is 34.8 Å². The van der Waals surface area contributed by atoms with Crippen molar-refractivity contribution in [1.82, 2.24) is 19.6 Å². The molecular formula is C56H112N4O7S. The fourth-order valence-electron chi connectivity index (χ4n) is 9.56. The normalized spacial score (nSPS) is 15.6. The lowest BCUT2D eigenvalue weighted by molar-refractivity contribution is -0.144. The molecule has 1 heterocycles. The molecule has 1 saturated heterocycles. The molecule has 1 rings (SSSR count). The summed E-state index contributed by atoms with van der Waals surface area (Å²) in [6.45, 7) is 18.2. The van der Waals surface area contributed by atoms with E-state index in [1.165, 1.54) is 114 Å². The summed E-state index contributed by atoms with van der Waals surface area (Å²) in [4.78, 5) is 34.8. The zero-order valence-electron chi connectivity index (χ0n) is 45.0. The van der Waals surface area contributed by atoms with Gasteiger partial charge in [0.2, 0.25) is 0 Å². The topological polar surface area (TPSA) is 137 Å². The molecule has 1 aliphatic heterocycles. The maximum absolute atomic E-state index is 12.9. The van der Waals surface area contributed by atoms with Crippen LogP contribution in [0.15, 0.2) is 0 Å². The lowest BCUT2D eigenvalue weighted by atomic mass is 10.1. The SMILES string of the molecule is CCCCCCCCC(O)CN(CCCC(=O)OCCN1CCN(CCSC(=O)CCCN(CC(O)CCCCCCCC)CC(O)CCCCCCCC)CC1)CC(O)CCCCCCCC. The van der Waals surface area contributed by atoms with Crippen molar-refractivity contribution in [2.24, 2.45) is 0 Å². The van der Waals surface area contributed by atoms with Gasteiger partial charge in [0.15, 0.2) is 5.12 Å². The van der Waals surface area contributed by atoms with Crippen molar-refractivity contribution in [2.75, 3.05) is 90.9 Å². The van der Waals surface area contributed by atoms with Gasteiger partial charge >= 0.3 is 5.97 Å². The number of ether oxygens (including phenoxy) is 1. The van der Waals surface area contributed by atoms with Crippen molar-refractivity contribution in [3.8, 4) is 0 Å². The van der Waals surface area contributed by atoms with Gasteiger partial charge in [-0.2, -0.15) is 0 Å². The van der Waals surface area contributed by atoms with Crippen molar-refractivity contribution in [3.05, 3.63) is 0 Å². The van der Waals surface area contributed by atoms with Crippen LogP contribution in [0.3, 0.4) is 0 Å². The number of nitrogens with zero attached hydrogens (tertiary/aromatic N) is 4. The predicted octanol–water partition coefficient (Wildman–Crippen LogP) is 11.0. The fraction of sp³-hybridized carbons (Fsp3) is 0.964. The molecule has 0 spiro atoms. The summed E-state index contributed by atoms with van der Waals surface area (Å²) in [6.07, 6.45) is 32.6. The minimum Gasteiger partial charge on any atom is -0.464 e. The molecule has 404 valence electrons. The van der Waals surface area contributed by atoms with Crippen molar-refractivity contribution in [2.45, 2.75) is 258 Å². The summed E-state index contributed by atoms with van der Waals surface area (Å²) < 4.78 is 5.66. The number of carbonyl (C=O) groups is 2. The predicted molar refractivity (Wildman–Crippen MR) is 289 cm³/mol. The minimum atomic E-state index is -0.416. The highest BCUT2D eigenvalue weighted by atomic mass is 32.2.